The maximum Gasteiger partial charge on any atom is 0.356 e. The molecular weight excluding hydrogens is 146 g/mol. The fourth-order valence-corrected chi connectivity index (χ4v) is 0.965. The summed E-state index contributed by atoms with van der Waals surface area (Å²) >= 11 is 0. The number of aromatic nitrogens is 4. The van der Waals surface area contributed by atoms with E-state index < -0.39 is 0 Å². The number of nitrogens with one attached hydrogen (secondary N) is 2. The Bertz CT molecular complexity index is 229. The molecule has 1 aliphatic rings. The van der Waals surface area contributed by atoms with Gasteiger partial charge in [-0.05, 0) is 12.1 Å². The van der Waals surface area contributed by atoms with Gasteiger partial charge in [-0.15, -0.1) is 0 Å². The summed E-state index contributed by atoms with van der Waals surface area (Å²) in [5.41, 5.74) is -0.149. The van der Waals surface area contributed by atoms with Crippen molar-refractivity contribution in [3.05, 3.63) is 0 Å². The molecule has 0 aliphatic carbocycles. The van der Waals surface area contributed by atoms with E-state index in [4.69, 9.17) is 4.74 Å². The molecule has 1 aromatic heterocycles. The van der Waals surface area contributed by atoms with Crippen LogP contribution in [-0.2, 0) is 0 Å². The highest BCUT2D eigenvalue weighted by Crippen LogP contribution is 2.16. The van der Waals surface area contributed by atoms with Crippen molar-refractivity contribution in [2.75, 3.05) is 13.1 Å². The molecule has 6 nitrogen and oxygen atoms in total. The summed E-state index contributed by atoms with van der Waals surface area (Å²) in [4.78, 5) is 0. The van der Waals surface area contributed by atoms with E-state index in [0.29, 0.717) is 6.01 Å². The lowest BCUT2D eigenvalue weighted by Crippen LogP contribution is -2.61. The molecule has 0 radical (unpaired) electrons. The quantitative estimate of drug-likeness (QED) is 0.569. The molecule has 1 aliphatic heterocycles. The lowest BCUT2D eigenvalue weighted by atomic mass is 10.0. The summed E-state index contributed by atoms with van der Waals surface area (Å²) in [6.07, 6.45) is 0. The van der Waals surface area contributed by atoms with Crippen LogP contribution in [0.25, 0.3) is 0 Å². The van der Waals surface area contributed by atoms with Crippen LogP contribution in [0.4, 0.5) is 0 Å². The summed E-state index contributed by atoms with van der Waals surface area (Å²) in [7, 11) is 0. The molecule has 6 heteroatoms. The normalized spacial score (nSPS) is 20.8. The van der Waals surface area contributed by atoms with Crippen molar-refractivity contribution >= 4 is 0 Å². The Morgan fingerprint density at radius 1 is 1.55 bits per heavy atom. The summed E-state index contributed by atoms with van der Waals surface area (Å²) < 4.78 is 5.40. The molecule has 0 bridgehead atoms. The molecule has 0 atom stereocenters. The molecule has 2 N–H and O–H groups in total. The summed E-state index contributed by atoms with van der Waals surface area (Å²) in [6.45, 7) is 3.67. The molecule has 2 rings (SSSR count). The van der Waals surface area contributed by atoms with E-state index in [9.17, 15) is 0 Å². The smallest absolute Gasteiger partial charge is 0.356 e. The average molecular weight is 155 g/mol. The van der Waals surface area contributed by atoms with Crippen molar-refractivity contribution in [1.29, 1.82) is 0 Å². The zero-order valence-electron chi connectivity index (χ0n) is 6.16. The Balaban J connectivity index is 2.00. The first-order chi connectivity index (χ1) is 5.29. The molecule has 1 fully saturated rings. The monoisotopic (exact) mass is 155 g/mol. The van der Waals surface area contributed by atoms with Crippen LogP contribution >= 0.6 is 0 Å². The van der Waals surface area contributed by atoms with E-state index in [1.54, 1.807) is 0 Å². The predicted molar refractivity (Wildman–Crippen MR) is 36.1 cm³/mol. The van der Waals surface area contributed by atoms with Crippen molar-refractivity contribution < 1.29 is 4.74 Å². The number of aromatic amines is 1. The van der Waals surface area contributed by atoms with E-state index >= 15 is 0 Å². The van der Waals surface area contributed by atoms with Crippen LogP contribution in [0.1, 0.15) is 6.92 Å². The van der Waals surface area contributed by atoms with Crippen molar-refractivity contribution in [3.8, 4) is 6.01 Å². The SMILES string of the molecule is CC1(Oc2nn[nH]n2)CNC1. The fraction of sp³-hybridized carbons (Fsp3) is 0.800. The largest absolute Gasteiger partial charge is 0.452 e. The summed E-state index contributed by atoms with van der Waals surface area (Å²) in [5.74, 6) is 0. The van der Waals surface area contributed by atoms with Gasteiger partial charge in [-0.1, -0.05) is 10.2 Å². The highest BCUT2D eigenvalue weighted by Gasteiger charge is 2.34. The Labute approximate surface area is 63.3 Å². The van der Waals surface area contributed by atoms with Crippen molar-refractivity contribution in [2.45, 2.75) is 12.5 Å². The minimum atomic E-state index is -0.149. The first-order valence-corrected chi connectivity index (χ1v) is 3.42. The highest BCUT2D eigenvalue weighted by molar-refractivity contribution is 4.97. The molecule has 60 valence electrons. The molecule has 11 heavy (non-hydrogen) atoms. The summed E-state index contributed by atoms with van der Waals surface area (Å²) in [5, 5.41) is 16.2. The van der Waals surface area contributed by atoms with Crippen LogP contribution < -0.4 is 10.1 Å². The van der Waals surface area contributed by atoms with Gasteiger partial charge in [-0.2, -0.15) is 5.21 Å². The van der Waals surface area contributed by atoms with Crippen molar-refractivity contribution in [3.63, 3.8) is 0 Å². The second-order valence-electron chi connectivity index (χ2n) is 2.85. The number of ether oxygens (including phenoxy) is 1. The second-order valence-corrected chi connectivity index (χ2v) is 2.85. The minimum absolute atomic E-state index is 0.149. The maximum absolute atomic E-state index is 5.40. The number of rotatable bonds is 2. The Hall–Kier alpha value is -1.17. The van der Waals surface area contributed by atoms with Gasteiger partial charge in [0.05, 0.1) is 0 Å². The molecule has 0 amide bonds. The Morgan fingerprint density at radius 2 is 2.36 bits per heavy atom. The summed E-state index contributed by atoms with van der Waals surface area (Å²) in [6, 6.07) is 0.314. The van der Waals surface area contributed by atoms with Crippen molar-refractivity contribution in [1.82, 2.24) is 25.9 Å². The van der Waals surface area contributed by atoms with E-state index in [2.05, 4.69) is 25.9 Å². The highest BCUT2D eigenvalue weighted by atomic mass is 16.5. The topological polar surface area (TPSA) is 75.7 Å². The third-order valence-electron chi connectivity index (χ3n) is 1.66. The van der Waals surface area contributed by atoms with Gasteiger partial charge in [-0.3, -0.25) is 0 Å². The third kappa shape index (κ3) is 1.16. The van der Waals surface area contributed by atoms with E-state index in [1.807, 2.05) is 6.92 Å². The number of hydrogen-bond acceptors (Lipinski definition) is 5. The standard InChI is InChI=1S/C5H9N5O/c1-5(2-6-3-5)11-4-7-9-10-8-4/h6H,2-3H2,1H3,(H,7,8,9,10). The van der Waals surface area contributed by atoms with Gasteiger partial charge in [0, 0.05) is 13.1 Å². The first kappa shape index (κ1) is 6.53. The zero-order chi connectivity index (χ0) is 7.73. The first-order valence-electron chi connectivity index (χ1n) is 3.42. The third-order valence-corrected chi connectivity index (χ3v) is 1.66. The van der Waals surface area contributed by atoms with Crippen molar-refractivity contribution in [2.24, 2.45) is 0 Å². The van der Waals surface area contributed by atoms with Crippen LogP contribution in [0.2, 0.25) is 0 Å². The molecule has 1 saturated heterocycles. The average Bonchev–Trinajstić information content (AvgIpc) is 2.36. The van der Waals surface area contributed by atoms with Crippen LogP contribution in [0, 0.1) is 0 Å². The molecule has 0 spiro atoms. The number of nitrogens with zero attached hydrogens (tertiary/aromatic N) is 3. The number of hydrogen-bond donors (Lipinski definition) is 2. The molecule has 0 aromatic carbocycles. The Morgan fingerprint density at radius 3 is 2.82 bits per heavy atom. The molecule has 0 saturated carbocycles. The molecular formula is C5H9N5O. The van der Waals surface area contributed by atoms with E-state index in [-0.39, 0.29) is 5.60 Å². The molecule has 1 aromatic rings. The van der Waals surface area contributed by atoms with Crippen LogP contribution in [-0.4, -0.2) is 39.3 Å². The van der Waals surface area contributed by atoms with Gasteiger partial charge in [0.25, 0.3) is 0 Å². The van der Waals surface area contributed by atoms with Gasteiger partial charge in [0.1, 0.15) is 5.60 Å². The van der Waals surface area contributed by atoms with Gasteiger partial charge in [0.15, 0.2) is 0 Å². The van der Waals surface area contributed by atoms with E-state index in [1.165, 1.54) is 0 Å². The van der Waals surface area contributed by atoms with Gasteiger partial charge < -0.3 is 10.1 Å². The molecule has 0 unspecified atom stereocenters. The van der Waals surface area contributed by atoms with Crippen LogP contribution in [0.3, 0.4) is 0 Å². The van der Waals surface area contributed by atoms with Gasteiger partial charge in [-0.25, -0.2) is 0 Å². The lowest BCUT2D eigenvalue weighted by Gasteiger charge is -2.37. The van der Waals surface area contributed by atoms with Crippen LogP contribution in [0.15, 0.2) is 0 Å². The molecule has 2 heterocycles. The van der Waals surface area contributed by atoms with Gasteiger partial charge >= 0.3 is 6.01 Å². The minimum Gasteiger partial charge on any atom is -0.452 e. The van der Waals surface area contributed by atoms with Gasteiger partial charge in [0.2, 0.25) is 0 Å². The fourth-order valence-electron chi connectivity index (χ4n) is 0.965. The predicted octanol–water partition coefficient (Wildman–Crippen LogP) is -1.06. The second kappa shape index (κ2) is 2.16. The lowest BCUT2D eigenvalue weighted by molar-refractivity contribution is 0.0258. The number of tetrazole rings is 1. The zero-order valence-corrected chi connectivity index (χ0v) is 6.16. The maximum atomic E-state index is 5.40. The van der Waals surface area contributed by atoms with E-state index in [0.717, 1.165) is 13.1 Å². The number of H-pyrrole nitrogens is 1. The Kier molecular flexibility index (Phi) is 1.28. The van der Waals surface area contributed by atoms with Crippen LogP contribution in [0.5, 0.6) is 6.01 Å².